The van der Waals surface area contributed by atoms with E-state index in [2.05, 4.69) is 64.7 Å². The number of nitrogens with one attached hydrogen (secondary N) is 1. The van der Waals surface area contributed by atoms with Crippen LogP contribution in [0, 0.1) is 13.8 Å². The lowest BCUT2D eigenvalue weighted by Crippen LogP contribution is -2.37. The van der Waals surface area contributed by atoms with E-state index in [1.54, 1.807) is 0 Å². The Kier molecular flexibility index (Phi) is 5.48. The molecule has 2 heteroatoms. The zero-order chi connectivity index (χ0) is 13.8. The fraction of sp³-hybridized carbons (Fsp3) is 0.500. The smallest absolute Gasteiger partial charge is 0.0200 e. The minimum Gasteiger partial charge on any atom is -0.308 e. The highest BCUT2D eigenvalue weighted by Crippen LogP contribution is 2.24. The molecule has 100 valence electrons. The molecule has 0 atom stereocenters. The molecule has 1 nitrogen and oxygen atoms in total. The lowest BCUT2D eigenvalue weighted by molar-refractivity contribution is 0.445. The molecule has 0 spiro atoms. The van der Waals surface area contributed by atoms with Crippen LogP contribution < -0.4 is 5.32 Å². The van der Waals surface area contributed by atoms with Crippen molar-refractivity contribution in [3.63, 3.8) is 0 Å². The molecule has 0 saturated heterocycles. The summed E-state index contributed by atoms with van der Waals surface area (Å²) in [5, 5.41) is 3.47. The van der Waals surface area contributed by atoms with Gasteiger partial charge < -0.3 is 5.32 Å². The molecule has 0 aliphatic heterocycles. The summed E-state index contributed by atoms with van der Waals surface area (Å²) in [6, 6.07) is 6.60. The number of benzene rings is 1. The first-order chi connectivity index (χ1) is 8.28. The molecular formula is C16H25NS. The molecule has 0 bridgehead atoms. The zero-order valence-electron chi connectivity index (χ0n) is 12.3. The Balaban J connectivity index is 2.45. The quantitative estimate of drug-likeness (QED) is 0.626. The summed E-state index contributed by atoms with van der Waals surface area (Å²) in [5.74, 6) is 0.980. The van der Waals surface area contributed by atoms with Gasteiger partial charge in [0.15, 0.2) is 0 Å². The molecule has 0 heterocycles. The first-order valence-corrected chi connectivity index (χ1v) is 7.38. The van der Waals surface area contributed by atoms with E-state index in [0.717, 1.165) is 12.3 Å². The van der Waals surface area contributed by atoms with Gasteiger partial charge in [-0.25, -0.2) is 0 Å². The first kappa shape index (κ1) is 15.3. The van der Waals surface area contributed by atoms with E-state index in [1.165, 1.54) is 21.6 Å². The van der Waals surface area contributed by atoms with E-state index in [1.807, 2.05) is 11.8 Å². The standard InChI is InChI=1S/C16H25NS/c1-12-7-8-14(3)15(9-12)18-11-13(2)10-17-16(4,5)6/h7-9,17H,2,10-11H2,1,3-6H3. The van der Waals surface area contributed by atoms with Gasteiger partial charge in [-0.2, -0.15) is 0 Å². The molecule has 0 radical (unpaired) electrons. The van der Waals surface area contributed by atoms with Crippen LogP contribution in [0.3, 0.4) is 0 Å². The van der Waals surface area contributed by atoms with E-state index in [9.17, 15) is 0 Å². The molecule has 1 aromatic rings. The van der Waals surface area contributed by atoms with Crippen molar-refractivity contribution in [1.82, 2.24) is 5.32 Å². The second-order valence-electron chi connectivity index (χ2n) is 5.91. The molecule has 0 aliphatic carbocycles. The molecule has 0 unspecified atom stereocenters. The van der Waals surface area contributed by atoms with Crippen molar-refractivity contribution in [3.05, 3.63) is 41.5 Å². The molecule has 1 rings (SSSR count). The van der Waals surface area contributed by atoms with Crippen molar-refractivity contribution in [2.75, 3.05) is 12.3 Å². The summed E-state index contributed by atoms with van der Waals surface area (Å²) in [6.07, 6.45) is 0. The third-order valence-corrected chi connectivity index (χ3v) is 3.95. The van der Waals surface area contributed by atoms with E-state index in [-0.39, 0.29) is 5.54 Å². The zero-order valence-corrected chi connectivity index (χ0v) is 13.1. The van der Waals surface area contributed by atoms with Crippen LogP contribution in [0.2, 0.25) is 0 Å². The molecule has 0 aromatic heterocycles. The highest BCUT2D eigenvalue weighted by Gasteiger charge is 2.09. The van der Waals surface area contributed by atoms with E-state index in [0.29, 0.717) is 0 Å². The fourth-order valence-corrected chi connectivity index (χ4v) is 2.51. The summed E-state index contributed by atoms with van der Waals surface area (Å²) in [7, 11) is 0. The van der Waals surface area contributed by atoms with Crippen LogP contribution in [0.15, 0.2) is 35.2 Å². The van der Waals surface area contributed by atoms with Gasteiger partial charge in [-0.05, 0) is 46.2 Å². The van der Waals surface area contributed by atoms with E-state index in [4.69, 9.17) is 0 Å². The summed E-state index contributed by atoms with van der Waals surface area (Å²) < 4.78 is 0. The maximum Gasteiger partial charge on any atom is 0.0200 e. The average molecular weight is 263 g/mol. The Morgan fingerprint density at radius 1 is 1.28 bits per heavy atom. The van der Waals surface area contributed by atoms with Crippen molar-refractivity contribution >= 4 is 11.8 Å². The molecule has 0 fully saturated rings. The van der Waals surface area contributed by atoms with Crippen molar-refractivity contribution in [3.8, 4) is 0 Å². The Hall–Kier alpha value is -0.730. The molecule has 1 N–H and O–H groups in total. The summed E-state index contributed by atoms with van der Waals surface area (Å²) in [5.41, 5.74) is 4.08. The van der Waals surface area contributed by atoms with Crippen LogP contribution in [-0.2, 0) is 0 Å². The van der Waals surface area contributed by atoms with Crippen LogP contribution in [0.4, 0.5) is 0 Å². The normalized spacial score (nSPS) is 11.6. The minimum absolute atomic E-state index is 0.160. The number of aryl methyl sites for hydroxylation is 2. The van der Waals surface area contributed by atoms with E-state index >= 15 is 0 Å². The van der Waals surface area contributed by atoms with Gasteiger partial charge in [0.1, 0.15) is 0 Å². The van der Waals surface area contributed by atoms with Crippen molar-refractivity contribution in [1.29, 1.82) is 0 Å². The maximum atomic E-state index is 4.14. The highest BCUT2D eigenvalue weighted by molar-refractivity contribution is 7.99. The number of hydrogen-bond acceptors (Lipinski definition) is 2. The lowest BCUT2D eigenvalue weighted by Gasteiger charge is -2.21. The van der Waals surface area contributed by atoms with Gasteiger partial charge >= 0.3 is 0 Å². The lowest BCUT2D eigenvalue weighted by atomic mass is 10.1. The van der Waals surface area contributed by atoms with E-state index < -0.39 is 0 Å². The Bertz CT molecular complexity index is 416. The van der Waals surface area contributed by atoms with Gasteiger partial charge in [0.25, 0.3) is 0 Å². The minimum atomic E-state index is 0.160. The van der Waals surface area contributed by atoms with Crippen molar-refractivity contribution in [2.24, 2.45) is 0 Å². The molecule has 18 heavy (non-hydrogen) atoms. The Morgan fingerprint density at radius 3 is 2.56 bits per heavy atom. The summed E-state index contributed by atoms with van der Waals surface area (Å²) in [4.78, 5) is 1.37. The van der Waals surface area contributed by atoms with Gasteiger partial charge in [-0.1, -0.05) is 29.8 Å². The van der Waals surface area contributed by atoms with Gasteiger partial charge in [-0.3, -0.25) is 0 Å². The predicted molar refractivity (Wildman–Crippen MR) is 83.5 cm³/mol. The summed E-state index contributed by atoms with van der Waals surface area (Å²) in [6.45, 7) is 15.9. The predicted octanol–water partition coefficient (Wildman–Crippen LogP) is 4.34. The van der Waals surface area contributed by atoms with Gasteiger partial charge in [0.2, 0.25) is 0 Å². The van der Waals surface area contributed by atoms with Gasteiger partial charge in [0, 0.05) is 22.7 Å². The third kappa shape index (κ3) is 5.74. The maximum absolute atomic E-state index is 4.14. The Morgan fingerprint density at radius 2 is 1.94 bits per heavy atom. The topological polar surface area (TPSA) is 12.0 Å². The molecule has 0 aliphatic rings. The summed E-state index contributed by atoms with van der Waals surface area (Å²) >= 11 is 1.88. The average Bonchev–Trinajstić information content (AvgIpc) is 2.26. The second-order valence-corrected chi connectivity index (χ2v) is 6.93. The number of hydrogen-bond donors (Lipinski definition) is 1. The van der Waals surface area contributed by atoms with Crippen LogP contribution >= 0.6 is 11.8 Å². The largest absolute Gasteiger partial charge is 0.308 e. The van der Waals surface area contributed by atoms with Crippen LogP contribution in [0.25, 0.3) is 0 Å². The SMILES string of the molecule is C=C(CNC(C)(C)C)CSc1cc(C)ccc1C. The highest BCUT2D eigenvalue weighted by atomic mass is 32.2. The number of rotatable bonds is 5. The first-order valence-electron chi connectivity index (χ1n) is 6.40. The second kappa shape index (κ2) is 6.44. The monoisotopic (exact) mass is 263 g/mol. The molecular weight excluding hydrogens is 238 g/mol. The molecule has 0 saturated carbocycles. The fourth-order valence-electron chi connectivity index (χ4n) is 1.48. The van der Waals surface area contributed by atoms with Gasteiger partial charge in [-0.15, -0.1) is 11.8 Å². The van der Waals surface area contributed by atoms with Crippen molar-refractivity contribution < 1.29 is 0 Å². The third-order valence-electron chi connectivity index (χ3n) is 2.64. The van der Waals surface area contributed by atoms with Crippen molar-refractivity contribution in [2.45, 2.75) is 45.1 Å². The van der Waals surface area contributed by atoms with Crippen LogP contribution in [-0.4, -0.2) is 17.8 Å². The number of thioether (sulfide) groups is 1. The Labute approximate surface area is 116 Å². The van der Waals surface area contributed by atoms with Gasteiger partial charge in [0.05, 0.1) is 0 Å². The van der Waals surface area contributed by atoms with Crippen LogP contribution in [0.1, 0.15) is 31.9 Å². The molecule has 1 aromatic carbocycles. The molecule has 0 amide bonds. The van der Waals surface area contributed by atoms with Crippen LogP contribution in [0.5, 0.6) is 0 Å².